The van der Waals surface area contributed by atoms with E-state index < -0.39 is 29.9 Å². The van der Waals surface area contributed by atoms with E-state index in [2.05, 4.69) is 5.32 Å². The molecular formula is C11H18N2O5. The molecule has 0 aromatic heterocycles. The first-order valence-electron chi connectivity index (χ1n) is 5.89. The van der Waals surface area contributed by atoms with Gasteiger partial charge >= 0.3 is 11.9 Å². The second kappa shape index (κ2) is 6.46. The normalized spacial score (nSPS) is 25.4. The van der Waals surface area contributed by atoms with Crippen molar-refractivity contribution in [2.75, 3.05) is 6.54 Å². The number of carboxylic acid groups (broad SMARTS) is 2. The molecule has 0 amide bonds. The zero-order valence-corrected chi connectivity index (χ0v) is 9.96. The van der Waals surface area contributed by atoms with Crippen LogP contribution in [0, 0.1) is 5.92 Å². The third-order valence-electron chi connectivity index (χ3n) is 3.14. The molecular weight excluding hydrogens is 240 g/mol. The van der Waals surface area contributed by atoms with E-state index in [0.29, 0.717) is 13.0 Å². The van der Waals surface area contributed by atoms with Crippen LogP contribution in [0.1, 0.15) is 25.7 Å². The van der Waals surface area contributed by atoms with Gasteiger partial charge in [-0.05, 0) is 25.8 Å². The Morgan fingerprint density at radius 3 is 2.56 bits per heavy atom. The number of piperidine rings is 1. The van der Waals surface area contributed by atoms with Crippen LogP contribution in [0.5, 0.6) is 0 Å². The predicted octanol–water partition coefficient (Wildman–Crippen LogP) is -0.800. The monoisotopic (exact) mass is 258 g/mol. The van der Waals surface area contributed by atoms with Gasteiger partial charge in [0.2, 0.25) is 0 Å². The Balaban J connectivity index is 2.49. The van der Waals surface area contributed by atoms with Crippen molar-refractivity contribution in [3.8, 4) is 0 Å². The summed E-state index contributed by atoms with van der Waals surface area (Å²) in [5, 5.41) is 20.2. The Kier molecular flexibility index (Phi) is 5.24. The van der Waals surface area contributed by atoms with Crippen molar-refractivity contribution in [1.29, 1.82) is 0 Å². The van der Waals surface area contributed by atoms with Crippen molar-refractivity contribution < 1.29 is 24.6 Å². The Hall–Kier alpha value is -1.47. The number of hydrogen-bond donors (Lipinski definition) is 4. The molecule has 0 radical (unpaired) electrons. The molecule has 18 heavy (non-hydrogen) atoms. The van der Waals surface area contributed by atoms with Crippen molar-refractivity contribution in [2.24, 2.45) is 11.7 Å². The Morgan fingerprint density at radius 2 is 2.00 bits per heavy atom. The lowest BCUT2D eigenvalue weighted by atomic mass is 9.85. The molecule has 5 N–H and O–H groups in total. The fourth-order valence-corrected chi connectivity index (χ4v) is 2.09. The number of nitrogens with two attached hydrogens (primary N) is 1. The molecule has 0 aromatic rings. The molecule has 0 aromatic carbocycles. The van der Waals surface area contributed by atoms with Gasteiger partial charge in [0.1, 0.15) is 6.04 Å². The van der Waals surface area contributed by atoms with Crippen LogP contribution >= 0.6 is 0 Å². The quantitative estimate of drug-likeness (QED) is 0.490. The minimum atomic E-state index is -0.994. The third kappa shape index (κ3) is 4.08. The molecule has 0 spiro atoms. The summed E-state index contributed by atoms with van der Waals surface area (Å²) < 4.78 is 0. The van der Waals surface area contributed by atoms with E-state index in [1.165, 1.54) is 0 Å². The molecule has 7 nitrogen and oxygen atoms in total. The van der Waals surface area contributed by atoms with Crippen LogP contribution in [0.25, 0.3) is 0 Å². The van der Waals surface area contributed by atoms with Crippen molar-refractivity contribution in [2.45, 2.75) is 37.8 Å². The van der Waals surface area contributed by atoms with E-state index in [1.54, 1.807) is 0 Å². The molecule has 102 valence electrons. The summed E-state index contributed by atoms with van der Waals surface area (Å²) in [6.07, 6.45) is 0.703. The first-order chi connectivity index (χ1) is 8.41. The van der Waals surface area contributed by atoms with Gasteiger partial charge in [0.15, 0.2) is 5.78 Å². The fraction of sp³-hybridized carbons (Fsp3) is 0.727. The Labute approximate surface area is 104 Å². The van der Waals surface area contributed by atoms with E-state index in [9.17, 15) is 14.4 Å². The number of carboxylic acids is 2. The van der Waals surface area contributed by atoms with Crippen LogP contribution in [0.15, 0.2) is 0 Å². The van der Waals surface area contributed by atoms with Gasteiger partial charge in [0.05, 0.1) is 6.04 Å². The Bertz CT molecular complexity index is 344. The standard InChI is InChI=1S/C11H18N2O5/c12-7(1-2-9(14)15)10(16)6-3-4-13-8(5-6)11(17)18/h6-8,13H,1-5,12H2,(H,14,15)(H,17,18)/t6?,7-,8?/m0/s1. The van der Waals surface area contributed by atoms with Crippen molar-refractivity contribution >= 4 is 17.7 Å². The minimum absolute atomic E-state index is 0.0931. The number of Topliss-reactive ketones (excluding diaryl/α,β-unsaturated/α-hetero) is 1. The first kappa shape index (κ1) is 14.6. The van der Waals surface area contributed by atoms with Gasteiger partial charge in [-0.15, -0.1) is 0 Å². The van der Waals surface area contributed by atoms with Gasteiger partial charge in [-0.2, -0.15) is 0 Å². The van der Waals surface area contributed by atoms with Crippen LogP contribution in [0.4, 0.5) is 0 Å². The van der Waals surface area contributed by atoms with E-state index in [0.717, 1.165) is 0 Å². The maximum Gasteiger partial charge on any atom is 0.320 e. The maximum atomic E-state index is 11.9. The predicted molar refractivity (Wildman–Crippen MR) is 62.0 cm³/mol. The lowest BCUT2D eigenvalue weighted by Crippen LogP contribution is -2.48. The summed E-state index contributed by atoms with van der Waals surface area (Å²) in [4.78, 5) is 33.2. The van der Waals surface area contributed by atoms with Gasteiger partial charge < -0.3 is 21.3 Å². The van der Waals surface area contributed by atoms with Crippen LogP contribution in [0.3, 0.4) is 0 Å². The number of nitrogens with one attached hydrogen (secondary N) is 1. The van der Waals surface area contributed by atoms with Crippen LogP contribution in [-0.4, -0.2) is 46.6 Å². The molecule has 0 aliphatic carbocycles. The van der Waals surface area contributed by atoms with E-state index in [1.807, 2.05) is 0 Å². The molecule has 1 saturated heterocycles. The van der Waals surface area contributed by atoms with Crippen molar-refractivity contribution in [3.05, 3.63) is 0 Å². The van der Waals surface area contributed by atoms with E-state index in [4.69, 9.17) is 15.9 Å². The molecule has 1 heterocycles. The number of carbonyl (C=O) groups excluding carboxylic acids is 1. The van der Waals surface area contributed by atoms with Crippen LogP contribution in [0.2, 0.25) is 0 Å². The topological polar surface area (TPSA) is 130 Å². The zero-order valence-electron chi connectivity index (χ0n) is 9.96. The lowest BCUT2D eigenvalue weighted by Gasteiger charge is -2.28. The number of aliphatic carboxylic acids is 2. The molecule has 1 aliphatic heterocycles. The number of hydrogen-bond acceptors (Lipinski definition) is 5. The first-order valence-corrected chi connectivity index (χ1v) is 5.89. The van der Waals surface area contributed by atoms with Gasteiger partial charge in [0.25, 0.3) is 0 Å². The summed E-state index contributed by atoms with van der Waals surface area (Å²) in [5.74, 6) is -2.60. The summed E-state index contributed by atoms with van der Waals surface area (Å²) in [5.41, 5.74) is 5.64. The SMILES string of the molecule is N[C@@H](CCC(=O)O)C(=O)C1CCNC(C(=O)O)C1. The van der Waals surface area contributed by atoms with Crippen LogP contribution < -0.4 is 11.1 Å². The second-order valence-electron chi connectivity index (χ2n) is 4.51. The van der Waals surface area contributed by atoms with Gasteiger partial charge in [0, 0.05) is 12.3 Å². The van der Waals surface area contributed by atoms with Crippen molar-refractivity contribution in [3.63, 3.8) is 0 Å². The maximum absolute atomic E-state index is 11.9. The van der Waals surface area contributed by atoms with E-state index in [-0.39, 0.29) is 25.0 Å². The summed E-state index contributed by atoms with van der Waals surface area (Å²) in [6, 6.07) is -1.54. The molecule has 0 saturated carbocycles. The largest absolute Gasteiger partial charge is 0.481 e. The molecule has 2 unspecified atom stereocenters. The highest BCUT2D eigenvalue weighted by Crippen LogP contribution is 2.19. The minimum Gasteiger partial charge on any atom is -0.481 e. The smallest absolute Gasteiger partial charge is 0.320 e. The lowest BCUT2D eigenvalue weighted by molar-refractivity contribution is -0.141. The number of ketones is 1. The number of rotatable bonds is 6. The Morgan fingerprint density at radius 1 is 1.33 bits per heavy atom. The van der Waals surface area contributed by atoms with Crippen LogP contribution in [-0.2, 0) is 14.4 Å². The van der Waals surface area contributed by atoms with Gasteiger partial charge in [-0.3, -0.25) is 14.4 Å². The summed E-state index contributed by atoms with van der Waals surface area (Å²) >= 11 is 0. The van der Waals surface area contributed by atoms with Gasteiger partial charge in [-0.25, -0.2) is 0 Å². The summed E-state index contributed by atoms with van der Waals surface area (Å²) in [7, 11) is 0. The highest BCUT2D eigenvalue weighted by atomic mass is 16.4. The van der Waals surface area contributed by atoms with Crippen molar-refractivity contribution in [1.82, 2.24) is 5.32 Å². The van der Waals surface area contributed by atoms with Gasteiger partial charge in [-0.1, -0.05) is 0 Å². The molecule has 1 rings (SSSR count). The number of carbonyl (C=O) groups is 3. The fourth-order valence-electron chi connectivity index (χ4n) is 2.09. The average molecular weight is 258 g/mol. The summed E-state index contributed by atoms with van der Waals surface area (Å²) in [6.45, 7) is 0.457. The van der Waals surface area contributed by atoms with E-state index >= 15 is 0 Å². The molecule has 1 aliphatic rings. The average Bonchev–Trinajstić information content (AvgIpc) is 2.35. The molecule has 1 fully saturated rings. The highest BCUT2D eigenvalue weighted by Gasteiger charge is 2.32. The molecule has 3 atom stereocenters. The zero-order chi connectivity index (χ0) is 13.7. The molecule has 0 bridgehead atoms. The second-order valence-corrected chi connectivity index (χ2v) is 4.51. The molecule has 7 heteroatoms. The third-order valence-corrected chi connectivity index (χ3v) is 3.14. The highest BCUT2D eigenvalue weighted by molar-refractivity contribution is 5.87.